The second-order valence-electron chi connectivity index (χ2n) is 4.31. The molecule has 2 aromatic rings. The number of nitrogens with two attached hydrogens (primary N) is 1. The molecule has 0 atom stereocenters. The first-order valence-electron chi connectivity index (χ1n) is 5.63. The van der Waals surface area contributed by atoms with Gasteiger partial charge in [0, 0.05) is 5.69 Å². The Morgan fingerprint density at radius 3 is 2.50 bits per heavy atom. The van der Waals surface area contributed by atoms with Crippen molar-refractivity contribution in [3.05, 3.63) is 52.3 Å². The number of nitrogen functional groups attached to an aromatic ring is 1. The molecule has 0 unspecified atom stereocenters. The molecule has 0 aliphatic heterocycles. The second kappa shape index (κ2) is 5.41. The fraction of sp³-hybridized carbons (Fsp3) is 0.0769. The minimum atomic E-state index is -3.76. The Kier molecular flexibility index (Phi) is 4.01. The van der Waals surface area contributed by atoms with E-state index < -0.39 is 15.8 Å². The minimum absolute atomic E-state index is 0.0652. The number of halogens is 2. The Hall–Kier alpha value is -1.60. The summed E-state index contributed by atoms with van der Waals surface area (Å²) in [6, 6.07) is 8.42. The van der Waals surface area contributed by atoms with Gasteiger partial charge in [0.25, 0.3) is 10.0 Å². The van der Waals surface area contributed by atoms with Gasteiger partial charge in [-0.2, -0.15) is 0 Å². The van der Waals surface area contributed by atoms with Crippen LogP contribution < -0.4 is 10.5 Å². The van der Waals surface area contributed by atoms with Gasteiger partial charge >= 0.3 is 0 Å². The molecule has 2 rings (SSSR count). The van der Waals surface area contributed by atoms with Crippen LogP contribution in [0.5, 0.6) is 0 Å². The van der Waals surface area contributed by atoms with Crippen LogP contribution in [0.25, 0.3) is 0 Å². The molecule has 0 spiro atoms. The summed E-state index contributed by atoms with van der Waals surface area (Å²) < 4.78 is 40.1. The molecule has 0 radical (unpaired) electrons. The highest BCUT2D eigenvalue weighted by molar-refractivity contribution is 9.10. The van der Waals surface area contributed by atoms with Crippen LogP contribution in [0.15, 0.2) is 45.8 Å². The Balaban J connectivity index is 2.37. The van der Waals surface area contributed by atoms with Crippen LogP contribution in [0.4, 0.5) is 15.8 Å². The van der Waals surface area contributed by atoms with E-state index in [0.717, 1.165) is 5.56 Å². The van der Waals surface area contributed by atoms with Crippen molar-refractivity contribution >= 4 is 37.3 Å². The van der Waals surface area contributed by atoms with Crippen molar-refractivity contribution in [1.29, 1.82) is 0 Å². The zero-order valence-electron chi connectivity index (χ0n) is 10.5. The van der Waals surface area contributed by atoms with E-state index in [1.54, 1.807) is 13.0 Å². The number of nitrogens with one attached hydrogen (secondary N) is 1. The summed E-state index contributed by atoms with van der Waals surface area (Å²) in [5.74, 6) is -0.465. The van der Waals surface area contributed by atoms with Crippen LogP contribution in [-0.2, 0) is 10.0 Å². The first kappa shape index (κ1) is 14.8. The lowest BCUT2D eigenvalue weighted by atomic mass is 10.2. The maximum absolute atomic E-state index is 13.1. The molecule has 0 saturated heterocycles. The monoisotopic (exact) mass is 358 g/mol. The van der Waals surface area contributed by atoms with Crippen LogP contribution in [0.2, 0.25) is 0 Å². The van der Waals surface area contributed by atoms with E-state index >= 15 is 0 Å². The smallest absolute Gasteiger partial charge is 0.261 e. The molecule has 0 aliphatic rings. The highest BCUT2D eigenvalue weighted by Crippen LogP contribution is 2.23. The Morgan fingerprint density at radius 2 is 1.90 bits per heavy atom. The van der Waals surface area contributed by atoms with Gasteiger partial charge in [-0.05, 0) is 64.8 Å². The molecule has 0 aromatic heterocycles. The van der Waals surface area contributed by atoms with Crippen LogP contribution in [-0.4, -0.2) is 8.42 Å². The Morgan fingerprint density at radius 1 is 1.20 bits per heavy atom. The molecule has 0 amide bonds. The zero-order chi connectivity index (χ0) is 14.9. The lowest BCUT2D eigenvalue weighted by Crippen LogP contribution is -2.13. The maximum atomic E-state index is 13.1. The largest absolute Gasteiger partial charge is 0.399 e. The summed E-state index contributed by atoms with van der Waals surface area (Å²) in [4.78, 5) is 0.0652. The third-order valence-corrected chi connectivity index (χ3v) is 4.52. The average Bonchev–Trinajstić information content (AvgIpc) is 2.32. The SMILES string of the molecule is Cc1cc(N)cc(S(=O)(=O)Nc2ccc(F)c(Br)c2)c1. The van der Waals surface area contributed by atoms with E-state index in [9.17, 15) is 12.8 Å². The van der Waals surface area contributed by atoms with Crippen LogP contribution >= 0.6 is 15.9 Å². The van der Waals surface area contributed by atoms with Crippen molar-refractivity contribution in [2.45, 2.75) is 11.8 Å². The first-order valence-corrected chi connectivity index (χ1v) is 7.90. The van der Waals surface area contributed by atoms with E-state index in [4.69, 9.17) is 5.73 Å². The van der Waals surface area contributed by atoms with Crippen molar-refractivity contribution in [2.24, 2.45) is 0 Å². The van der Waals surface area contributed by atoms with E-state index in [2.05, 4.69) is 20.7 Å². The van der Waals surface area contributed by atoms with E-state index in [0.29, 0.717) is 5.69 Å². The Labute approximate surface area is 125 Å². The van der Waals surface area contributed by atoms with Gasteiger partial charge in [0.1, 0.15) is 5.82 Å². The summed E-state index contributed by atoms with van der Waals surface area (Å²) >= 11 is 3.00. The van der Waals surface area contributed by atoms with Gasteiger partial charge in [-0.3, -0.25) is 4.72 Å². The molecule has 0 heterocycles. The number of hydrogen-bond donors (Lipinski definition) is 2. The molecular weight excluding hydrogens is 347 g/mol. The van der Waals surface area contributed by atoms with Gasteiger partial charge in [0.2, 0.25) is 0 Å². The molecule has 2 aromatic carbocycles. The topological polar surface area (TPSA) is 72.2 Å². The van der Waals surface area contributed by atoms with Crippen LogP contribution in [0, 0.1) is 12.7 Å². The first-order chi connectivity index (χ1) is 9.28. The van der Waals surface area contributed by atoms with Gasteiger partial charge in [0.05, 0.1) is 15.1 Å². The molecule has 0 saturated carbocycles. The molecule has 20 heavy (non-hydrogen) atoms. The molecule has 0 aliphatic carbocycles. The standard InChI is InChI=1S/C13H12BrFN2O2S/c1-8-4-9(16)6-11(5-8)20(18,19)17-10-2-3-13(15)12(14)7-10/h2-7,17H,16H2,1H3. The fourth-order valence-electron chi connectivity index (χ4n) is 1.71. The molecule has 106 valence electrons. The maximum Gasteiger partial charge on any atom is 0.261 e. The normalized spacial score (nSPS) is 11.3. The number of hydrogen-bond acceptors (Lipinski definition) is 3. The predicted molar refractivity (Wildman–Crippen MR) is 80.5 cm³/mol. The molecule has 0 bridgehead atoms. The quantitative estimate of drug-likeness (QED) is 0.827. The molecular formula is C13H12BrFN2O2S. The number of sulfonamides is 1. The lowest BCUT2D eigenvalue weighted by Gasteiger charge is -2.10. The third kappa shape index (κ3) is 3.29. The van der Waals surface area contributed by atoms with Crippen molar-refractivity contribution in [1.82, 2.24) is 0 Å². The molecule has 4 nitrogen and oxygen atoms in total. The van der Waals surface area contributed by atoms with Gasteiger partial charge in [-0.1, -0.05) is 0 Å². The van der Waals surface area contributed by atoms with Gasteiger partial charge in [-0.25, -0.2) is 12.8 Å². The van der Waals surface area contributed by atoms with Crippen molar-refractivity contribution in [2.75, 3.05) is 10.5 Å². The van der Waals surface area contributed by atoms with Crippen molar-refractivity contribution < 1.29 is 12.8 Å². The number of rotatable bonds is 3. The van der Waals surface area contributed by atoms with E-state index in [-0.39, 0.29) is 15.1 Å². The van der Waals surface area contributed by atoms with E-state index in [1.807, 2.05) is 0 Å². The third-order valence-electron chi connectivity index (χ3n) is 2.56. The molecule has 7 heteroatoms. The number of anilines is 2. The molecule has 3 N–H and O–H groups in total. The van der Waals surface area contributed by atoms with E-state index in [1.165, 1.54) is 30.3 Å². The highest BCUT2D eigenvalue weighted by atomic mass is 79.9. The number of benzene rings is 2. The summed E-state index contributed by atoms with van der Waals surface area (Å²) in [7, 11) is -3.76. The predicted octanol–water partition coefficient (Wildman–Crippen LogP) is 3.28. The van der Waals surface area contributed by atoms with Crippen LogP contribution in [0.3, 0.4) is 0 Å². The van der Waals surface area contributed by atoms with Crippen molar-refractivity contribution in [3.8, 4) is 0 Å². The average molecular weight is 359 g/mol. The Bertz CT molecular complexity index is 743. The second-order valence-corrected chi connectivity index (χ2v) is 6.85. The summed E-state index contributed by atoms with van der Waals surface area (Å²) in [6.45, 7) is 1.75. The highest BCUT2D eigenvalue weighted by Gasteiger charge is 2.15. The lowest BCUT2D eigenvalue weighted by molar-refractivity contribution is 0.601. The minimum Gasteiger partial charge on any atom is -0.399 e. The van der Waals surface area contributed by atoms with Crippen LogP contribution in [0.1, 0.15) is 5.56 Å². The van der Waals surface area contributed by atoms with Gasteiger partial charge < -0.3 is 5.73 Å². The zero-order valence-corrected chi connectivity index (χ0v) is 12.9. The summed E-state index contributed by atoms with van der Waals surface area (Å²) in [5.41, 5.74) is 7.01. The fourth-order valence-corrected chi connectivity index (χ4v) is 3.27. The molecule has 0 fully saturated rings. The van der Waals surface area contributed by atoms with Gasteiger partial charge in [0.15, 0.2) is 0 Å². The summed E-state index contributed by atoms with van der Waals surface area (Å²) in [5, 5.41) is 0. The van der Waals surface area contributed by atoms with Crippen molar-refractivity contribution in [3.63, 3.8) is 0 Å². The number of aryl methyl sites for hydroxylation is 1. The summed E-state index contributed by atoms with van der Waals surface area (Å²) in [6.07, 6.45) is 0. The van der Waals surface area contributed by atoms with Gasteiger partial charge in [-0.15, -0.1) is 0 Å².